The van der Waals surface area contributed by atoms with Crippen molar-refractivity contribution in [2.75, 3.05) is 7.11 Å². The molecule has 1 aromatic rings. The first-order valence-corrected chi connectivity index (χ1v) is 6.53. The fourth-order valence-corrected chi connectivity index (χ4v) is 2.76. The topological polar surface area (TPSA) is 110 Å². The van der Waals surface area contributed by atoms with Gasteiger partial charge in [0.1, 0.15) is 23.2 Å². The molecule has 0 amide bonds. The van der Waals surface area contributed by atoms with Crippen LogP contribution in [0, 0.1) is 0 Å². The normalized spacial score (nSPS) is 20.0. The van der Waals surface area contributed by atoms with Gasteiger partial charge in [0.2, 0.25) is 5.78 Å². The van der Waals surface area contributed by atoms with Gasteiger partial charge in [0, 0.05) is 18.1 Å². The van der Waals surface area contributed by atoms with E-state index in [-0.39, 0.29) is 28.9 Å². The number of benzene rings is 1. The van der Waals surface area contributed by atoms with Gasteiger partial charge in [0.15, 0.2) is 11.5 Å². The summed E-state index contributed by atoms with van der Waals surface area (Å²) in [6.07, 6.45) is 0.518. The van der Waals surface area contributed by atoms with E-state index in [2.05, 4.69) is 0 Å². The third kappa shape index (κ3) is 1.71. The van der Waals surface area contributed by atoms with E-state index >= 15 is 0 Å². The molecule has 2 N–H and O–H groups in total. The molecular weight excluding hydrogens is 292 g/mol. The van der Waals surface area contributed by atoms with Crippen molar-refractivity contribution in [1.29, 1.82) is 0 Å². The first-order chi connectivity index (χ1) is 10.4. The summed E-state index contributed by atoms with van der Waals surface area (Å²) >= 11 is 0. The molecule has 0 aromatic heterocycles. The average molecular weight is 304 g/mol. The van der Waals surface area contributed by atoms with Gasteiger partial charge in [-0.05, 0) is 6.92 Å². The lowest BCUT2D eigenvalue weighted by Gasteiger charge is -2.26. The second-order valence-electron chi connectivity index (χ2n) is 5.13. The Morgan fingerprint density at radius 3 is 2.45 bits per heavy atom. The molecule has 1 aromatic carbocycles. The maximum Gasteiger partial charge on any atom is 0.342 e. The minimum absolute atomic E-state index is 0.0958. The molecule has 0 saturated heterocycles. The molecule has 0 bridgehead atoms. The summed E-state index contributed by atoms with van der Waals surface area (Å²) < 4.78 is 9.82. The molecule has 0 saturated carbocycles. The van der Waals surface area contributed by atoms with Crippen LogP contribution in [0.25, 0.3) is 0 Å². The summed E-state index contributed by atoms with van der Waals surface area (Å²) in [5, 5.41) is 20.6. The van der Waals surface area contributed by atoms with Gasteiger partial charge in [-0.25, -0.2) is 4.79 Å². The van der Waals surface area contributed by atoms with E-state index in [1.165, 1.54) is 7.11 Å². The number of cyclic esters (lactones) is 1. The third-order valence-corrected chi connectivity index (χ3v) is 3.73. The lowest BCUT2D eigenvalue weighted by molar-refractivity contribution is 0.0293. The van der Waals surface area contributed by atoms with E-state index in [0.717, 1.165) is 6.08 Å². The SMILES string of the molecule is COC1=CC(=O)c2c(O)c3c(c(O)c2C1=O)C[C@H](C)OC3=O. The average Bonchev–Trinajstić information content (AvgIpc) is 2.45. The number of esters is 1. The minimum atomic E-state index is -0.842. The van der Waals surface area contributed by atoms with Crippen molar-refractivity contribution in [3.05, 3.63) is 34.1 Å². The maximum absolute atomic E-state index is 12.3. The van der Waals surface area contributed by atoms with E-state index in [1.54, 1.807) is 6.92 Å². The molecule has 3 rings (SSSR count). The Labute approximate surface area is 124 Å². The number of ether oxygens (including phenoxy) is 2. The zero-order chi connectivity index (χ0) is 16.2. The Kier molecular flexibility index (Phi) is 2.94. The molecule has 7 heteroatoms. The Morgan fingerprint density at radius 2 is 1.82 bits per heavy atom. The molecule has 0 radical (unpaired) electrons. The molecule has 114 valence electrons. The summed E-state index contributed by atoms with van der Waals surface area (Å²) in [6.45, 7) is 1.62. The first kappa shape index (κ1) is 14.1. The van der Waals surface area contributed by atoms with Gasteiger partial charge in [0.05, 0.1) is 18.2 Å². The number of carbonyl (C=O) groups is 3. The molecule has 0 fully saturated rings. The lowest BCUT2D eigenvalue weighted by Crippen LogP contribution is -2.28. The van der Waals surface area contributed by atoms with Crippen molar-refractivity contribution in [3.8, 4) is 11.5 Å². The van der Waals surface area contributed by atoms with Crippen molar-refractivity contribution in [3.63, 3.8) is 0 Å². The van der Waals surface area contributed by atoms with Crippen LogP contribution in [0.4, 0.5) is 0 Å². The molecule has 1 aliphatic heterocycles. The number of Topliss-reactive ketones (excluding diaryl/α,β-unsaturated/α-hetero) is 1. The smallest absolute Gasteiger partial charge is 0.342 e. The van der Waals surface area contributed by atoms with Crippen LogP contribution in [0.3, 0.4) is 0 Å². The monoisotopic (exact) mass is 304 g/mol. The van der Waals surface area contributed by atoms with Crippen molar-refractivity contribution < 1.29 is 34.1 Å². The van der Waals surface area contributed by atoms with Crippen LogP contribution in [-0.4, -0.2) is 41.0 Å². The summed E-state index contributed by atoms with van der Waals surface area (Å²) in [6, 6.07) is 0. The highest BCUT2D eigenvalue weighted by atomic mass is 16.5. The maximum atomic E-state index is 12.3. The van der Waals surface area contributed by atoms with Gasteiger partial charge < -0.3 is 19.7 Å². The molecule has 1 atom stereocenters. The number of methoxy groups -OCH3 is 1. The van der Waals surface area contributed by atoms with Gasteiger partial charge in [-0.2, -0.15) is 0 Å². The number of hydrogen-bond donors (Lipinski definition) is 2. The van der Waals surface area contributed by atoms with Crippen molar-refractivity contribution in [1.82, 2.24) is 0 Å². The standard InChI is InChI=1S/C15H12O7/c1-5-3-6-9(15(20)22-5)14(19)10-7(16)4-8(21-2)13(18)11(10)12(6)17/h4-5,17,19H,3H2,1-2H3/t5-/m0/s1. The van der Waals surface area contributed by atoms with Crippen molar-refractivity contribution in [2.45, 2.75) is 19.4 Å². The number of phenolic OH excluding ortho intramolecular Hbond substituents is 2. The van der Waals surface area contributed by atoms with Gasteiger partial charge in [-0.3, -0.25) is 9.59 Å². The number of ketones is 2. The number of fused-ring (bicyclic) bond motifs is 2. The highest BCUT2D eigenvalue weighted by molar-refractivity contribution is 6.27. The Morgan fingerprint density at radius 1 is 1.14 bits per heavy atom. The minimum Gasteiger partial charge on any atom is -0.507 e. The Bertz CT molecular complexity index is 773. The van der Waals surface area contributed by atoms with E-state index in [0.29, 0.717) is 0 Å². The molecule has 7 nitrogen and oxygen atoms in total. The second-order valence-corrected chi connectivity index (χ2v) is 5.13. The van der Waals surface area contributed by atoms with E-state index < -0.39 is 40.7 Å². The molecule has 22 heavy (non-hydrogen) atoms. The largest absolute Gasteiger partial charge is 0.507 e. The van der Waals surface area contributed by atoms with Gasteiger partial charge in [-0.15, -0.1) is 0 Å². The van der Waals surface area contributed by atoms with Crippen LogP contribution in [0.1, 0.15) is 43.6 Å². The Balaban J connectivity index is 2.36. The predicted octanol–water partition coefficient (Wildman–Crippen LogP) is 1.11. The number of carbonyl (C=O) groups excluding carboxylic acids is 3. The van der Waals surface area contributed by atoms with E-state index in [9.17, 15) is 24.6 Å². The second kappa shape index (κ2) is 4.59. The number of aromatic hydroxyl groups is 2. The van der Waals surface area contributed by atoms with Gasteiger partial charge >= 0.3 is 5.97 Å². The quantitative estimate of drug-likeness (QED) is 0.590. The lowest BCUT2D eigenvalue weighted by atomic mass is 9.84. The van der Waals surface area contributed by atoms with Gasteiger partial charge in [0.25, 0.3) is 0 Å². The fraction of sp³-hybridized carbons (Fsp3) is 0.267. The molecule has 1 heterocycles. The summed E-state index contributed by atoms with van der Waals surface area (Å²) in [5.74, 6) is -3.67. The molecule has 0 unspecified atom stereocenters. The van der Waals surface area contributed by atoms with Gasteiger partial charge in [-0.1, -0.05) is 0 Å². The van der Waals surface area contributed by atoms with Crippen molar-refractivity contribution >= 4 is 17.5 Å². The third-order valence-electron chi connectivity index (χ3n) is 3.73. The van der Waals surface area contributed by atoms with Crippen LogP contribution in [-0.2, 0) is 15.9 Å². The number of phenols is 2. The number of hydrogen-bond acceptors (Lipinski definition) is 7. The molecule has 2 aliphatic rings. The van der Waals surface area contributed by atoms with E-state index in [4.69, 9.17) is 9.47 Å². The zero-order valence-corrected chi connectivity index (χ0v) is 11.8. The zero-order valence-electron chi connectivity index (χ0n) is 11.8. The summed E-state index contributed by atoms with van der Waals surface area (Å²) in [4.78, 5) is 36.3. The van der Waals surface area contributed by atoms with Crippen LogP contribution in [0.5, 0.6) is 11.5 Å². The summed E-state index contributed by atoms with van der Waals surface area (Å²) in [7, 11) is 1.22. The molecule has 1 aliphatic carbocycles. The predicted molar refractivity (Wildman–Crippen MR) is 72.1 cm³/mol. The fourth-order valence-electron chi connectivity index (χ4n) is 2.76. The number of allylic oxidation sites excluding steroid dienone is 2. The van der Waals surface area contributed by atoms with Crippen LogP contribution >= 0.6 is 0 Å². The molecule has 0 spiro atoms. The van der Waals surface area contributed by atoms with Crippen LogP contribution in [0.2, 0.25) is 0 Å². The van der Waals surface area contributed by atoms with Crippen molar-refractivity contribution in [2.24, 2.45) is 0 Å². The highest BCUT2D eigenvalue weighted by Crippen LogP contribution is 2.43. The molecular formula is C15H12O7. The summed E-state index contributed by atoms with van der Waals surface area (Å²) in [5.41, 5.74) is -0.931. The van der Waals surface area contributed by atoms with Crippen LogP contribution in [0.15, 0.2) is 11.8 Å². The van der Waals surface area contributed by atoms with Crippen LogP contribution < -0.4 is 0 Å². The Hall–Kier alpha value is -2.83. The first-order valence-electron chi connectivity index (χ1n) is 6.53. The van der Waals surface area contributed by atoms with E-state index in [1.807, 2.05) is 0 Å². The highest BCUT2D eigenvalue weighted by Gasteiger charge is 2.40. The number of rotatable bonds is 1.